The van der Waals surface area contributed by atoms with Gasteiger partial charge >= 0.3 is 11.9 Å². The van der Waals surface area contributed by atoms with E-state index in [0.29, 0.717) is 11.5 Å². The summed E-state index contributed by atoms with van der Waals surface area (Å²) in [5.74, 6) is -0.554. The van der Waals surface area contributed by atoms with Crippen molar-refractivity contribution in [2.75, 3.05) is 25.7 Å². The predicted octanol–water partition coefficient (Wildman–Crippen LogP) is -0.459. The number of aliphatic carboxylic acids is 1. The van der Waals surface area contributed by atoms with Gasteiger partial charge in [-0.15, -0.1) is 0 Å². The van der Waals surface area contributed by atoms with Gasteiger partial charge in [-0.2, -0.15) is 0 Å². The van der Waals surface area contributed by atoms with E-state index >= 15 is 0 Å². The lowest BCUT2D eigenvalue weighted by Gasteiger charge is -2.12. The zero-order valence-electron chi connectivity index (χ0n) is 9.13. The Morgan fingerprint density at radius 1 is 1.44 bits per heavy atom. The van der Waals surface area contributed by atoms with Crippen LogP contribution < -0.4 is 11.1 Å². The molecule has 0 rings (SSSR count). The Morgan fingerprint density at radius 3 is 2.44 bits per heavy atom. The molecule has 0 aromatic rings. The van der Waals surface area contributed by atoms with Crippen LogP contribution in [0.5, 0.6) is 0 Å². The van der Waals surface area contributed by atoms with Crippen molar-refractivity contribution < 1.29 is 19.4 Å². The molecule has 0 bridgehead atoms. The predicted molar refractivity (Wildman–Crippen MR) is 65.4 cm³/mol. The van der Waals surface area contributed by atoms with Crippen molar-refractivity contribution in [1.29, 1.82) is 0 Å². The first-order chi connectivity index (χ1) is 7.52. The molecule has 0 spiro atoms. The average molecular weight is 268 g/mol. The topological polar surface area (TPSA) is 102 Å². The molecule has 0 aliphatic carbocycles. The number of rotatable bonds is 8. The van der Waals surface area contributed by atoms with Gasteiger partial charge in [-0.25, -0.2) is 0 Å². The summed E-state index contributed by atoms with van der Waals surface area (Å²) in [6.45, 7) is 0. The maximum absolute atomic E-state index is 11.2. The maximum atomic E-state index is 11.2. The summed E-state index contributed by atoms with van der Waals surface area (Å²) in [5, 5.41) is 11.3. The summed E-state index contributed by atoms with van der Waals surface area (Å²) in [6.07, 6.45) is 0. The molecule has 0 fully saturated rings. The zero-order chi connectivity index (χ0) is 12.6. The number of nitrogens with two attached hydrogens (primary N) is 1. The number of hydrogen-bond donors (Lipinski definition) is 3. The van der Waals surface area contributed by atoms with E-state index in [-0.39, 0.29) is 12.0 Å². The molecule has 0 radical (unpaired) electrons. The first-order valence-corrected chi connectivity index (χ1v) is 6.99. The van der Waals surface area contributed by atoms with Crippen LogP contribution >= 0.6 is 21.6 Å². The first-order valence-electron chi connectivity index (χ1n) is 4.50. The van der Waals surface area contributed by atoms with Crippen LogP contribution in [0.2, 0.25) is 0 Å². The zero-order valence-corrected chi connectivity index (χ0v) is 10.8. The van der Waals surface area contributed by atoms with E-state index in [0.717, 1.165) is 0 Å². The van der Waals surface area contributed by atoms with E-state index in [2.05, 4.69) is 10.1 Å². The lowest BCUT2D eigenvalue weighted by atomic mass is 10.3. The highest BCUT2D eigenvalue weighted by atomic mass is 33.1. The summed E-state index contributed by atoms with van der Waals surface area (Å²) >= 11 is 0. The van der Waals surface area contributed by atoms with Crippen molar-refractivity contribution >= 4 is 33.5 Å². The number of methoxy groups -OCH3 is 1. The smallest absolute Gasteiger partial charge is 0.323 e. The number of carbonyl (C=O) groups excluding carboxylic acids is 1. The molecule has 0 aromatic carbocycles. The van der Waals surface area contributed by atoms with Gasteiger partial charge in [0.25, 0.3) is 0 Å². The second-order valence-electron chi connectivity index (χ2n) is 2.88. The van der Waals surface area contributed by atoms with E-state index in [1.807, 2.05) is 0 Å². The van der Waals surface area contributed by atoms with Crippen molar-refractivity contribution in [3.05, 3.63) is 0 Å². The largest absolute Gasteiger partial charge is 0.480 e. The molecule has 0 saturated heterocycles. The van der Waals surface area contributed by atoms with Gasteiger partial charge in [-0.05, 0) is 7.05 Å². The molecule has 4 N–H and O–H groups in total. The van der Waals surface area contributed by atoms with Gasteiger partial charge in [-0.3, -0.25) is 9.59 Å². The molecular formula is C8H16N2O4S2. The van der Waals surface area contributed by atoms with Crippen LogP contribution in [0, 0.1) is 0 Å². The van der Waals surface area contributed by atoms with E-state index < -0.39 is 12.0 Å². The van der Waals surface area contributed by atoms with Crippen molar-refractivity contribution in [3.8, 4) is 0 Å². The number of ether oxygens (including phenoxy) is 1. The van der Waals surface area contributed by atoms with Crippen molar-refractivity contribution in [2.24, 2.45) is 5.73 Å². The standard InChI is InChI=1S/C8H16N2O4S2/c1-10-6(8(13)14-2)4-16-15-3-5(9)7(11)12/h5-6,10H,3-4,9H2,1-2H3,(H,11,12). The third kappa shape index (κ3) is 6.21. The minimum Gasteiger partial charge on any atom is -0.480 e. The van der Waals surface area contributed by atoms with E-state index in [1.54, 1.807) is 7.05 Å². The molecule has 2 unspecified atom stereocenters. The molecule has 8 heteroatoms. The van der Waals surface area contributed by atoms with Crippen LogP contribution in [0.1, 0.15) is 0 Å². The highest BCUT2D eigenvalue weighted by molar-refractivity contribution is 8.76. The summed E-state index contributed by atoms with van der Waals surface area (Å²) in [6, 6.07) is -1.26. The number of esters is 1. The Morgan fingerprint density at radius 2 is 2.00 bits per heavy atom. The Hall–Kier alpha value is -0.440. The van der Waals surface area contributed by atoms with Crippen molar-refractivity contribution in [2.45, 2.75) is 12.1 Å². The second kappa shape index (κ2) is 8.68. The van der Waals surface area contributed by atoms with Crippen LogP contribution in [0.15, 0.2) is 0 Å². The van der Waals surface area contributed by atoms with Crippen LogP contribution in [-0.2, 0) is 14.3 Å². The molecule has 0 aromatic heterocycles. The molecule has 2 atom stereocenters. The monoisotopic (exact) mass is 268 g/mol. The summed E-state index contributed by atoms with van der Waals surface area (Å²) < 4.78 is 4.58. The molecule has 0 aliphatic heterocycles. The SMILES string of the molecule is CNC(CSSCC(N)C(=O)O)C(=O)OC. The fourth-order valence-corrected chi connectivity index (χ4v) is 3.07. The Bertz CT molecular complexity index is 240. The molecule has 0 heterocycles. The molecular weight excluding hydrogens is 252 g/mol. The van der Waals surface area contributed by atoms with Crippen LogP contribution in [0.3, 0.4) is 0 Å². The van der Waals surface area contributed by atoms with Crippen LogP contribution in [0.4, 0.5) is 0 Å². The average Bonchev–Trinajstić information content (AvgIpc) is 2.27. The maximum Gasteiger partial charge on any atom is 0.323 e. The molecule has 16 heavy (non-hydrogen) atoms. The number of carboxylic acids is 1. The third-order valence-corrected chi connectivity index (χ3v) is 4.16. The third-order valence-electron chi connectivity index (χ3n) is 1.72. The van der Waals surface area contributed by atoms with Gasteiger partial charge in [-0.1, -0.05) is 21.6 Å². The van der Waals surface area contributed by atoms with Crippen LogP contribution in [0.25, 0.3) is 0 Å². The van der Waals surface area contributed by atoms with E-state index in [9.17, 15) is 9.59 Å². The van der Waals surface area contributed by atoms with Gasteiger partial charge in [0.05, 0.1) is 7.11 Å². The summed E-state index contributed by atoms with van der Waals surface area (Å²) in [5.41, 5.74) is 5.31. The van der Waals surface area contributed by atoms with Gasteiger partial charge in [0, 0.05) is 11.5 Å². The molecule has 0 aliphatic rings. The Kier molecular flexibility index (Phi) is 8.44. The minimum absolute atomic E-state index is 0.303. The molecule has 6 nitrogen and oxygen atoms in total. The summed E-state index contributed by atoms with van der Waals surface area (Å²) in [7, 11) is 5.70. The highest BCUT2D eigenvalue weighted by Crippen LogP contribution is 2.22. The van der Waals surface area contributed by atoms with Crippen LogP contribution in [-0.4, -0.2) is 54.8 Å². The van der Waals surface area contributed by atoms with E-state index in [1.165, 1.54) is 28.7 Å². The first kappa shape index (κ1) is 15.6. The normalized spacial score (nSPS) is 14.2. The Balaban J connectivity index is 3.71. The summed E-state index contributed by atoms with van der Waals surface area (Å²) in [4.78, 5) is 21.6. The number of nitrogens with one attached hydrogen (secondary N) is 1. The Labute approximate surface area is 102 Å². The quantitative estimate of drug-likeness (QED) is 0.309. The lowest BCUT2D eigenvalue weighted by Crippen LogP contribution is -2.37. The fraction of sp³-hybridized carbons (Fsp3) is 0.750. The number of carbonyl (C=O) groups is 2. The van der Waals surface area contributed by atoms with Gasteiger partial charge < -0.3 is 20.9 Å². The highest BCUT2D eigenvalue weighted by Gasteiger charge is 2.17. The van der Waals surface area contributed by atoms with Crippen molar-refractivity contribution in [1.82, 2.24) is 5.32 Å². The molecule has 0 amide bonds. The number of hydrogen-bond acceptors (Lipinski definition) is 7. The van der Waals surface area contributed by atoms with Gasteiger partial charge in [0.1, 0.15) is 12.1 Å². The van der Waals surface area contributed by atoms with Gasteiger partial charge in [0.2, 0.25) is 0 Å². The fourth-order valence-electron chi connectivity index (χ4n) is 0.720. The number of likely N-dealkylation sites (N-methyl/N-ethyl adjacent to an activating group) is 1. The van der Waals surface area contributed by atoms with Gasteiger partial charge in [0.15, 0.2) is 0 Å². The molecule has 0 saturated carbocycles. The second-order valence-corrected chi connectivity index (χ2v) is 5.43. The number of carboxylic acid groups (broad SMARTS) is 1. The molecule has 94 valence electrons. The van der Waals surface area contributed by atoms with E-state index in [4.69, 9.17) is 10.8 Å². The lowest BCUT2D eigenvalue weighted by molar-refractivity contribution is -0.142. The van der Waals surface area contributed by atoms with Crippen molar-refractivity contribution in [3.63, 3.8) is 0 Å². The minimum atomic E-state index is -1.02.